The van der Waals surface area contributed by atoms with Crippen LogP contribution in [-0.4, -0.2) is 28.4 Å². The molecule has 0 saturated heterocycles. The Labute approximate surface area is 184 Å². The van der Waals surface area contributed by atoms with Gasteiger partial charge in [0.25, 0.3) is 0 Å². The molecule has 6 heteroatoms. The molecule has 0 unspecified atom stereocenters. The Balaban J connectivity index is 1.80. The van der Waals surface area contributed by atoms with E-state index in [1.165, 1.54) is 0 Å². The normalized spacial score (nSPS) is 10.8. The third-order valence-corrected chi connectivity index (χ3v) is 5.30. The molecule has 0 fully saturated rings. The zero-order valence-electron chi connectivity index (χ0n) is 17.5. The molecule has 0 bridgehead atoms. The summed E-state index contributed by atoms with van der Waals surface area (Å²) < 4.78 is 4.85. The van der Waals surface area contributed by atoms with Crippen molar-refractivity contribution in [2.75, 3.05) is 6.61 Å². The predicted molar refractivity (Wildman–Crippen MR) is 121 cm³/mol. The van der Waals surface area contributed by atoms with Gasteiger partial charge in [-0.3, -0.25) is 9.59 Å². The smallest absolute Gasteiger partial charge is 0.306 e. The fraction of sp³-hybridized carbons (Fsp3) is 0.154. The highest BCUT2D eigenvalue weighted by molar-refractivity contribution is 6.04. The molecule has 0 amide bonds. The van der Waals surface area contributed by atoms with Crippen molar-refractivity contribution in [3.8, 4) is 22.9 Å². The number of carbonyl (C=O) groups excluding carboxylic acids is 2. The number of nitriles is 1. The topological polar surface area (TPSA) is 100 Å². The molecule has 0 aliphatic rings. The Kier molecular flexibility index (Phi) is 5.82. The van der Waals surface area contributed by atoms with E-state index in [1.807, 2.05) is 54.6 Å². The van der Waals surface area contributed by atoms with Crippen molar-refractivity contribution in [3.05, 3.63) is 71.9 Å². The molecule has 4 aromatic rings. The van der Waals surface area contributed by atoms with Crippen molar-refractivity contribution in [2.45, 2.75) is 19.8 Å². The highest BCUT2D eigenvalue weighted by Crippen LogP contribution is 2.34. The first-order valence-corrected chi connectivity index (χ1v) is 10.3. The minimum absolute atomic E-state index is 0.0149. The number of aromatic hydroxyl groups is 1. The van der Waals surface area contributed by atoms with E-state index < -0.39 is 17.5 Å². The van der Waals surface area contributed by atoms with Gasteiger partial charge in [0.15, 0.2) is 11.5 Å². The maximum absolute atomic E-state index is 12.7. The van der Waals surface area contributed by atoms with Crippen LogP contribution < -0.4 is 0 Å². The summed E-state index contributed by atoms with van der Waals surface area (Å²) in [7, 11) is 0. The van der Waals surface area contributed by atoms with E-state index in [1.54, 1.807) is 19.1 Å². The lowest BCUT2D eigenvalue weighted by atomic mass is 9.96. The zero-order chi connectivity index (χ0) is 22.7. The van der Waals surface area contributed by atoms with E-state index in [4.69, 9.17) is 4.74 Å². The maximum atomic E-state index is 12.7. The number of Topliss-reactive ketones (excluding diaryl/α,β-unsaturated/α-hetero) is 1. The van der Waals surface area contributed by atoms with Gasteiger partial charge < -0.3 is 9.84 Å². The van der Waals surface area contributed by atoms with E-state index in [-0.39, 0.29) is 30.7 Å². The van der Waals surface area contributed by atoms with Crippen molar-refractivity contribution >= 4 is 33.4 Å². The van der Waals surface area contributed by atoms with Gasteiger partial charge >= 0.3 is 5.97 Å². The number of carbonyl (C=O) groups is 2. The molecule has 0 aliphatic heterocycles. The lowest BCUT2D eigenvalue weighted by Crippen LogP contribution is -2.10. The molecule has 0 saturated carbocycles. The first-order chi connectivity index (χ1) is 15.5. The molecule has 3 aromatic carbocycles. The van der Waals surface area contributed by atoms with Gasteiger partial charge in [-0.05, 0) is 34.9 Å². The third-order valence-electron chi connectivity index (χ3n) is 5.30. The van der Waals surface area contributed by atoms with Crippen molar-refractivity contribution in [1.29, 1.82) is 5.26 Å². The van der Waals surface area contributed by atoms with Crippen LogP contribution in [-0.2, 0) is 9.53 Å². The van der Waals surface area contributed by atoms with E-state index in [2.05, 4.69) is 4.98 Å². The van der Waals surface area contributed by atoms with Gasteiger partial charge in [0.1, 0.15) is 17.3 Å². The van der Waals surface area contributed by atoms with Crippen LogP contribution in [0.2, 0.25) is 0 Å². The Morgan fingerprint density at radius 1 is 1.03 bits per heavy atom. The monoisotopic (exact) mass is 424 g/mol. The van der Waals surface area contributed by atoms with Crippen LogP contribution in [0, 0.1) is 11.3 Å². The van der Waals surface area contributed by atoms with Crippen LogP contribution >= 0.6 is 0 Å². The van der Waals surface area contributed by atoms with Crippen molar-refractivity contribution < 1.29 is 19.4 Å². The molecule has 158 valence electrons. The summed E-state index contributed by atoms with van der Waals surface area (Å²) in [4.78, 5) is 28.6. The van der Waals surface area contributed by atoms with Gasteiger partial charge in [0.2, 0.25) is 0 Å². The van der Waals surface area contributed by atoms with Gasteiger partial charge in [-0.25, -0.2) is 4.98 Å². The van der Waals surface area contributed by atoms with Gasteiger partial charge in [-0.2, -0.15) is 5.26 Å². The number of benzene rings is 3. The second-order valence-corrected chi connectivity index (χ2v) is 7.28. The van der Waals surface area contributed by atoms with E-state index >= 15 is 0 Å². The quantitative estimate of drug-likeness (QED) is 0.339. The maximum Gasteiger partial charge on any atom is 0.306 e. The Morgan fingerprint density at radius 2 is 1.81 bits per heavy atom. The van der Waals surface area contributed by atoms with Crippen molar-refractivity contribution in [1.82, 2.24) is 4.98 Å². The van der Waals surface area contributed by atoms with Gasteiger partial charge in [0, 0.05) is 11.8 Å². The standard InChI is InChI=1S/C26H20N2O4/c1-2-32-24(30)13-12-23(29)25-26(31)21(15-27)20-11-10-17(14-22(20)28-25)19-9-5-7-16-6-3-4-8-18(16)19/h3-11,14,31H,2,12-13H2,1H3. The number of rotatable bonds is 6. The third kappa shape index (κ3) is 3.88. The number of pyridine rings is 1. The summed E-state index contributed by atoms with van der Waals surface area (Å²) in [6.07, 6.45) is -0.289. The second kappa shape index (κ2) is 8.86. The van der Waals surface area contributed by atoms with E-state index in [0.717, 1.165) is 21.9 Å². The van der Waals surface area contributed by atoms with Gasteiger partial charge in [-0.1, -0.05) is 54.6 Å². The Bertz CT molecular complexity index is 1400. The molecule has 0 spiro atoms. The summed E-state index contributed by atoms with van der Waals surface area (Å²) in [6.45, 7) is 1.91. The average Bonchev–Trinajstić information content (AvgIpc) is 2.81. The number of esters is 1. The lowest BCUT2D eigenvalue weighted by molar-refractivity contribution is -0.143. The van der Waals surface area contributed by atoms with E-state index in [0.29, 0.717) is 10.9 Å². The number of hydrogen-bond donors (Lipinski definition) is 1. The summed E-state index contributed by atoms with van der Waals surface area (Å²) in [5, 5.41) is 22.8. The van der Waals surface area contributed by atoms with Crippen molar-refractivity contribution in [2.24, 2.45) is 0 Å². The van der Waals surface area contributed by atoms with Crippen LogP contribution in [0.15, 0.2) is 60.7 Å². The SMILES string of the molecule is CCOC(=O)CCC(=O)c1nc2cc(-c3cccc4ccccc34)ccc2c(C#N)c1O. The molecule has 32 heavy (non-hydrogen) atoms. The molecule has 0 aliphatic carbocycles. The fourth-order valence-electron chi connectivity index (χ4n) is 3.77. The van der Waals surface area contributed by atoms with Crippen LogP contribution in [0.4, 0.5) is 0 Å². The minimum atomic E-state index is -0.524. The van der Waals surface area contributed by atoms with Crippen LogP contribution in [0.5, 0.6) is 5.75 Å². The molecule has 4 rings (SSSR count). The van der Waals surface area contributed by atoms with Gasteiger partial charge in [-0.15, -0.1) is 0 Å². The summed E-state index contributed by atoms with van der Waals surface area (Å²) >= 11 is 0. The first kappa shape index (κ1) is 21.0. The number of ether oxygens (including phenoxy) is 1. The molecule has 6 nitrogen and oxygen atoms in total. The zero-order valence-corrected chi connectivity index (χ0v) is 17.5. The van der Waals surface area contributed by atoms with Crippen LogP contribution in [0.1, 0.15) is 35.8 Å². The Hall–Kier alpha value is -4.24. The predicted octanol–water partition coefficient (Wildman–Crippen LogP) is 5.16. The molecule has 0 atom stereocenters. The van der Waals surface area contributed by atoms with Crippen LogP contribution in [0.3, 0.4) is 0 Å². The number of aromatic nitrogens is 1. The number of ketones is 1. The highest BCUT2D eigenvalue weighted by Gasteiger charge is 2.21. The number of nitrogens with zero attached hydrogens (tertiary/aromatic N) is 2. The number of fused-ring (bicyclic) bond motifs is 2. The lowest BCUT2D eigenvalue weighted by Gasteiger charge is -2.11. The minimum Gasteiger partial charge on any atom is -0.504 e. The Morgan fingerprint density at radius 3 is 2.59 bits per heavy atom. The molecule has 1 N–H and O–H groups in total. The summed E-state index contributed by atoms with van der Waals surface area (Å²) in [6, 6.07) is 21.4. The molecule has 0 radical (unpaired) electrons. The fourth-order valence-corrected chi connectivity index (χ4v) is 3.77. The first-order valence-electron chi connectivity index (χ1n) is 10.3. The molecular weight excluding hydrogens is 404 g/mol. The van der Waals surface area contributed by atoms with Gasteiger partial charge in [0.05, 0.1) is 18.5 Å². The summed E-state index contributed by atoms with van der Waals surface area (Å²) in [5.41, 5.74) is 2.06. The molecule has 1 heterocycles. The molecular formula is C26H20N2O4. The summed E-state index contributed by atoms with van der Waals surface area (Å²) in [5.74, 6) is -1.49. The number of hydrogen-bond acceptors (Lipinski definition) is 6. The largest absolute Gasteiger partial charge is 0.504 e. The van der Waals surface area contributed by atoms with Crippen LogP contribution in [0.25, 0.3) is 32.8 Å². The highest BCUT2D eigenvalue weighted by atomic mass is 16.5. The van der Waals surface area contributed by atoms with Crippen molar-refractivity contribution in [3.63, 3.8) is 0 Å². The van der Waals surface area contributed by atoms with E-state index in [9.17, 15) is 20.0 Å². The second-order valence-electron chi connectivity index (χ2n) is 7.28. The average molecular weight is 424 g/mol. The molecule has 1 aromatic heterocycles.